The Labute approximate surface area is 134 Å². The Morgan fingerprint density at radius 2 is 2.05 bits per heavy atom. The highest BCUT2D eigenvalue weighted by Gasteiger charge is 2.17. The van der Waals surface area contributed by atoms with Crippen molar-refractivity contribution in [3.63, 3.8) is 0 Å². The second-order valence-corrected chi connectivity index (χ2v) is 5.97. The molecule has 0 N–H and O–H groups in total. The Bertz CT molecular complexity index is 845. The van der Waals surface area contributed by atoms with Gasteiger partial charge in [0, 0.05) is 6.20 Å². The van der Waals surface area contributed by atoms with E-state index in [1.54, 1.807) is 12.3 Å². The second kappa shape index (κ2) is 5.39. The third-order valence-corrected chi connectivity index (χ3v) is 4.26. The van der Waals surface area contributed by atoms with E-state index < -0.39 is 0 Å². The number of pyridine rings is 1. The van der Waals surface area contributed by atoms with E-state index in [1.165, 1.54) is 6.07 Å². The van der Waals surface area contributed by atoms with Crippen molar-refractivity contribution in [2.24, 2.45) is 0 Å². The number of alkyl halides is 1. The number of hydrogen-bond donors (Lipinski definition) is 0. The van der Waals surface area contributed by atoms with Gasteiger partial charge in [-0.05, 0) is 59.1 Å². The molecule has 0 saturated carbocycles. The lowest BCUT2D eigenvalue weighted by Crippen LogP contribution is -2.03. The molecule has 0 atom stereocenters. The number of aryl methyl sites for hydroxylation is 2. The number of aromatic nitrogens is 3. The van der Waals surface area contributed by atoms with Crippen LogP contribution in [0.5, 0.6) is 0 Å². The minimum Gasteiger partial charge on any atom is -0.279 e. The predicted octanol–water partition coefficient (Wildman–Crippen LogP) is 4.68. The monoisotopic (exact) mass is 367 g/mol. The molecule has 0 aliphatic heterocycles. The first-order valence-corrected chi connectivity index (χ1v) is 7.70. The van der Waals surface area contributed by atoms with Crippen molar-refractivity contribution in [2.75, 3.05) is 0 Å². The van der Waals surface area contributed by atoms with Crippen LogP contribution in [0.15, 0.2) is 28.9 Å². The maximum Gasteiger partial charge on any atom is 0.164 e. The van der Waals surface area contributed by atoms with Gasteiger partial charge in [-0.15, -0.1) is 11.6 Å². The van der Waals surface area contributed by atoms with Crippen molar-refractivity contribution in [3.05, 3.63) is 51.6 Å². The molecule has 0 unspecified atom stereocenters. The summed E-state index contributed by atoms with van der Waals surface area (Å²) in [5, 5.41) is 0. The van der Waals surface area contributed by atoms with Gasteiger partial charge in [0.05, 0.1) is 16.0 Å². The van der Waals surface area contributed by atoms with E-state index >= 15 is 0 Å². The van der Waals surface area contributed by atoms with E-state index in [2.05, 4.69) is 25.9 Å². The maximum absolute atomic E-state index is 13.9. The highest BCUT2D eigenvalue weighted by atomic mass is 79.9. The molecule has 0 bridgehead atoms. The summed E-state index contributed by atoms with van der Waals surface area (Å²) >= 11 is 9.21. The Morgan fingerprint density at radius 1 is 1.29 bits per heavy atom. The van der Waals surface area contributed by atoms with Crippen LogP contribution in [0.2, 0.25) is 0 Å². The lowest BCUT2D eigenvalue weighted by molar-refractivity contribution is 0.619. The molecular formula is C15H12BrClFN3. The van der Waals surface area contributed by atoms with Gasteiger partial charge >= 0.3 is 0 Å². The third-order valence-electron chi connectivity index (χ3n) is 3.42. The van der Waals surface area contributed by atoms with Crippen LogP contribution in [0.3, 0.4) is 0 Å². The largest absolute Gasteiger partial charge is 0.279 e. The third kappa shape index (κ3) is 2.34. The van der Waals surface area contributed by atoms with Crippen LogP contribution in [0.1, 0.15) is 17.0 Å². The van der Waals surface area contributed by atoms with Gasteiger partial charge in [-0.25, -0.2) is 14.4 Å². The zero-order valence-corrected chi connectivity index (χ0v) is 13.8. The highest BCUT2D eigenvalue weighted by molar-refractivity contribution is 9.10. The van der Waals surface area contributed by atoms with Crippen LogP contribution in [-0.2, 0) is 5.88 Å². The Kier molecular flexibility index (Phi) is 3.71. The van der Waals surface area contributed by atoms with Gasteiger partial charge < -0.3 is 0 Å². The van der Waals surface area contributed by atoms with Crippen molar-refractivity contribution in [1.82, 2.24) is 14.5 Å². The van der Waals surface area contributed by atoms with Crippen molar-refractivity contribution < 1.29 is 4.39 Å². The smallest absolute Gasteiger partial charge is 0.164 e. The number of imidazole rings is 1. The number of hydrogen-bond acceptors (Lipinski definition) is 2. The van der Waals surface area contributed by atoms with E-state index in [0.717, 1.165) is 16.6 Å². The molecular weight excluding hydrogens is 357 g/mol. The molecule has 3 rings (SSSR count). The summed E-state index contributed by atoms with van der Waals surface area (Å²) in [5.74, 6) is 0.552. The molecule has 0 amide bonds. The lowest BCUT2D eigenvalue weighted by Gasteiger charge is -2.11. The van der Waals surface area contributed by atoms with Gasteiger partial charge in [-0.3, -0.25) is 4.57 Å². The minimum atomic E-state index is -0.328. The second-order valence-electron chi connectivity index (χ2n) is 4.85. The van der Waals surface area contributed by atoms with Crippen LogP contribution < -0.4 is 0 Å². The van der Waals surface area contributed by atoms with E-state index in [-0.39, 0.29) is 11.7 Å². The van der Waals surface area contributed by atoms with E-state index in [0.29, 0.717) is 21.6 Å². The molecule has 3 nitrogen and oxygen atoms in total. The van der Waals surface area contributed by atoms with Crippen LogP contribution in [0.25, 0.3) is 16.9 Å². The number of fused-ring (bicyclic) bond motifs is 1. The van der Waals surface area contributed by atoms with Crippen LogP contribution >= 0.6 is 27.5 Å². The lowest BCUT2D eigenvalue weighted by atomic mass is 10.2. The molecule has 3 aromatic rings. The van der Waals surface area contributed by atoms with Crippen molar-refractivity contribution in [1.29, 1.82) is 0 Å². The number of rotatable bonds is 2. The summed E-state index contributed by atoms with van der Waals surface area (Å²) in [4.78, 5) is 8.92. The molecule has 0 saturated heterocycles. The predicted molar refractivity (Wildman–Crippen MR) is 85.6 cm³/mol. The summed E-state index contributed by atoms with van der Waals surface area (Å²) in [6, 6.07) is 5.11. The average molecular weight is 369 g/mol. The first kappa shape index (κ1) is 14.5. The standard InChI is InChI=1S/C15H12BrClFN3/c1-8-3-4-19-15-14(8)20-13(7-17)21(15)12-6-11(18)10(16)5-9(12)2/h3-6H,7H2,1-2H3. The van der Waals surface area contributed by atoms with Crippen LogP contribution in [0.4, 0.5) is 4.39 Å². The minimum absolute atomic E-state index is 0.229. The number of halogens is 3. The first-order valence-electron chi connectivity index (χ1n) is 6.38. The normalized spacial score (nSPS) is 11.3. The fourth-order valence-electron chi connectivity index (χ4n) is 2.36. The summed E-state index contributed by atoms with van der Waals surface area (Å²) in [6.07, 6.45) is 1.72. The fraction of sp³-hybridized carbons (Fsp3) is 0.200. The topological polar surface area (TPSA) is 30.7 Å². The van der Waals surface area contributed by atoms with E-state index in [1.807, 2.05) is 24.5 Å². The SMILES string of the molecule is Cc1cc(Br)c(F)cc1-n1c(CCl)nc2c(C)ccnc21. The molecule has 1 aromatic carbocycles. The zero-order chi connectivity index (χ0) is 15.1. The van der Waals surface area contributed by atoms with Gasteiger partial charge in [0.25, 0.3) is 0 Å². The van der Waals surface area contributed by atoms with Crippen molar-refractivity contribution in [3.8, 4) is 5.69 Å². The number of benzene rings is 1. The molecule has 0 aliphatic rings. The molecule has 21 heavy (non-hydrogen) atoms. The summed E-state index contributed by atoms with van der Waals surface area (Å²) in [5.41, 5.74) is 4.11. The van der Waals surface area contributed by atoms with Crippen LogP contribution in [-0.4, -0.2) is 14.5 Å². The molecule has 6 heteroatoms. The molecule has 2 heterocycles. The molecule has 108 valence electrons. The van der Waals surface area contributed by atoms with Gasteiger partial charge in [0.15, 0.2) is 5.65 Å². The Balaban J connectivity index is 2.39. The fourth-order valence-corrected chi connectivity index (χ4v) is 3.00. The van der Waals surface area contributed by atoms with Crippen molar-refractivity contribution in [2.45, 2.75) is 19.7 Å². The van der Waals surface area contributed by atoms with Gasteiger partial charge in [-0.1, -0.05) is 0 Å². The van der Waals surface area contributed by atoms with E-state index in [9.17, 15) is 4.39 Å². The van der Waals surface area contributed by atoms with Crippen LogP contribution in [0, 0.1) is 19.7 Å². The summed E-state index contributed by atoms with van der Waals surface area (Å²) < 4.78 is 16.2. The quantitative estimate of drug-likeness (QED) is 0.615. The molecule has 2 aromatic heterocycles. The summed E-state index contributed by atoms with van der Waals surface area (Å²) in [7, 11) is 0. The van der Waals surface area contributed by atoms with Gasteiger partial charge in [-0.2, -0.15) is 0 Å². The maximum atomic E-state index is 13.9. The van der Waals surface area contributed by atoms with Gasteiger partial charge in [0.2, 0.25) is 0 Å². The van der Waals surface area contributed by atoms with Gasteiger partial charge in [0.1, 0.15) is 17.2 Å². The zero-order valence-electron chi connectivity index (χ0n) is 11.5. The van der Waals surface area contributed by atoms with E-state index in [4.69, 9.17) is 11.6 Å². The molecule has 0 radical (unpaired) electrons. The molecule has 0 aliphatic carbocycles. The van der Waals surface area contributed by atoms with Crippen molar-refractivity contribution >= 4 is 38.7 Å². The Morgan fingerprint density at radius 3 is 2.76 bits per heavy atom. The first-order chi connectivity index (χ1) is 10.0. The molecule has 0 fully saturated rings. The average Bonchev–Trinajstić information content (AvgIpc) is 2.83. The number of nitrogens with zero attached hydrogens (tertiary/aromatic N) is 3. The summed E-state index contributed by atoms with van der Waals surface area (Å²) in [6.45, 7) is 3.88. The Hall–Kier alpha value is -1.46. The highest BCUT2D eigenvalue weighted by Crippen LogP contribution is 2.28. The molecule has 0 spiro atoms.